The second-order valence-electron chi connectivity index (χ2n) is 2.40. The first-order valence-electron chi connectivity index (χ1n) is 3.27. The van der Waals surface area contributed by atoms with Crippen LogP contribution in [0, 0.1) is 0 Å². The Labute approximate surface area is 65.2 Å². The van der Waals surface area contributed by atoms with Gasteiger partial charge in [0.1, 0.15) is 0 Å². The zero-order valence-electron chi connectivity index (χ0n) is 6.61. The van der Waals surface area contributed by atoms with Crippen LogP contribution in [0.3, 0.4) is 0 Å². The first-order chi connectivity index (χ1) is 5.15. The number of aromatic nitrogens is 1. The molecule has 0 spiro atoms. The summed E-state index contributed by atoms with van der Waals surface area (Å²) in [5, 5.41) is 9.22. The molecular formula is C7H12N2O2. The van der Waals surface area contributed by atoms with Crippen molar-refractivity contribution in [1.29, 1.82) is 0 Å². The highest BCUT2D eigenvalue weighted by molar-refractivity contribution is 5.38. The molecule has 0 saturated carbocycles. The first kappa shape index (κ1) is 8.10. The summed E-state index contributed by atoms with van der Waals surface area (Å²) in [6, 6.07) is 1.67. The van der Waals surface area contributed by atoms with E-state index in [1.54, 1.807) is 23.9 Å². The minimum atomic E-state index is -0.891. The third-order valence-corrected chi connectivity index (χ3v) is 1.54. The predicted octanol–water partition coefficient (Wildman–Crippen LogP) is 0.245. The van der Waals surface area contributed by atoms with Gasteiger partial charge in [-0.05, 0) is 6.07 Å². The van der Waals surface area contributed by atoms with E-state index in [4.69, 9.17) is 10.5 Å². The fraction of sp³-hybridized carbons (Fsp3) is 0.429. The van der Waals surface area contributed by atoms with Crippen molar-refractivity contribution in [2.45, 2.75) is 6.29 Å². The fourth-order valence-corrected chi connectivity index (χ4v) is 0.974. The normalized spacial score (nSPS) is 13.4. The number of anilines is 1. The minimum Gasteiger partial charge on any atom is -0.397 e. The second-order valence-corrected chi connectivity index (χ2v) is 2.40. The van der Waals surface area contributed by atoms with Gasteiger partial charge in [0, 0.05) is 26.0 Å². The summed E-state index contributed by atoms with van der Waals surface area (Å²) in [4.78, 5) is 0. The smallest absolute Gasteiger partial charge is 0.196 e. The van der Waals surface area contributed by atoms with E-state index in [0.29, 0.717) is 11.4 Å². The number of rotatable bonds is 2. The van der Waals surface area contributed by atoms with Gasteiger partial charge in [-0.2, -0.15) is 0 Å². The van der Waals surface area contributed by atoms with E-state index in [1.807, 2.05) is 0 Å². The fourth-order valence-electron chi connectivity index (χ4n) is 0.974. The Morgan fingerprint density at radius 3 is 2.73 bits per heavy atom. The molecule has 0 saturated heterocycles. The van der Waals surface area contributed by atoms with E-state index in [1.165, 1.54) is 7.11 Å². The van der Waals surface area contributed by atoms with Crippen molar-refractivity contribution in [1.82, 2.24) is 4.57 Å². The zero-order valence-corrected chi connectivity index (χ0v) is 6.61. The van der Waals surface area contributed by atoms with Crippen molar-refractivity contribution in [3.05, 3.63) is 18.0 Å². The lowest BCUT2D eigenvalue weighted by Gasteiger charge is -2.08. The maximum Gasteiger partial charge on any atom is 0.196 e. The molecule has 1 rings (SSSR count). The summed E-state index contributed by atoms with van der Waals surface area (Å²) in [6.45, 7) is 0. The number of nitrogens with two attached hydrogens (primary N) is 1. The third-order valence-electron chi connectivity index (χ3n) is 1.54. The lowest BCUT2D eigenvalue weighted by atomic mass is 10.4. The zero-order chi connectivity index (χ0) is 8.43. The van der Waals surface area contributed by atoms with E-state index in [0.717, 1.165) is 0 Å². The lowest BCUT2D eigenvalue weighted by Crippen LogP contribution is -2.04. The van der Waals surface area contributed by atoms with Gasteiger partial charge in [0.2, 0.25) is 0 Å². The van der Waals surface area contributed by atoms with Crippen LogP contribution in [0.25, 0.3) is 0 Å². The molecule has 4 heteroatoms. The van der Waals surface area contributed by atoms with Crippen molar-refractivity contribution >= 4 is 5.69 Å². The Kier molecular flexibility index (Phi) is 2.16. The predicted molar refractivity (Wildman–Crippen MR) is 41.8 cm³/mol. The Bertz CT molecular complexity index is 245. The molecular weight excluding hydrogens is 144 g/mol. The maximum absolute atomic E-state index is 9.22. The van der Waals surface area contributed by atoms with Gasteiger partial charge in [0.05, 0.1) is 5.69 Å². The number of nitrogens with zero attached hydrogens (tertiary/aromatic N) is 1. The standard InChI is InChI=1S/C7H12N2O2/c1-9-4-5(8)3-6(9)7(10)11-2/h3-4,7,10H,8H2,1-2H3. The summed E-state index contributed by atoms with van der Waals surface area (Å²) >= 11 is 0. The van der Waals surface area contributed by atoms with Crippen LogP contribution >= 0.6 is 0 Å². The summed E-state index contributed by atoms with van der Waals surface area (Å²) in [5.41, 5.74) is 6.77. The molecule has 0 aliphatic heterocycles. The molecule has 1 atom stereocenters. The van der Waals surface area contributed by atoms with Crippen molar-refractivity contribution in [3.8, 4) is 0 Å². The molecule has 1 aromatic heterocycles. The topological polar surface area (TPSA) is 60.4 Å². The number of hydrogen-bond donors (Lipinski definition) is 2. The van der Waals surface area contributed by atoms with Crippen LogP contribution in [-0.2, 0) is 11.8 Å². The van der Waals surface area contributed by atoms with Crippen molar-refractivity contribution < 1.29 is 9.84 Å². The van der Waals surface area contributed by atoms with Crippen molar-refractivity contribution in [3.63, 3.8) is 0 Å². The monoisotopic (exact) mass is 156 g/mol. The number of hydrogen-bond acceptors (Lipinski definition) is 3. The molecule has 0 aliphatic carbocycles. The molecule has 1 aromatic rings. The number of aliphatic hydroxyl groups is 1. The summed E-state index contributed by atoms with van der Waals surface area (Å²) < 4.78 is 6.44. The first-order valence-corrected chi connectivity index (χ1v) is 3.27. The number of aryl methyl sites for hydroxylation is 1. The van der Waals surface area contributed by atoms with E-state index < -0.39 is 6.29 Å². The SMILES string of the molecule is COC(O)c1cc(N)cn1C. The van der Waals surface area contributed by atoms with Crippen LogP contribution in [-0.4, -0.2) is 16.8 Å². The molecule has 1 heterocycles. The highest BCUT2D eigenvalue weighted by Gasteiger charge is 2.09. The van der Waals surface area contributed by atoms with Gasteiger partial charge in [-0.1, -0.05) is 0 Å². The van der Waals surface area contributed by atoms with Crippen LogP contribution in [0.5, 0.6) is 0 Å². The number of aliphatic hydroxyl groups excluding tert-OH is 1. The Hall–Kier alpha value is -1.00. The highest BCUT2D eigenvalue weighted by Crippen LogP contribution is 2.16. The molecule has 62 valence electrons. The van der Waals surface area contributed by atoms with Gasteiger partial charge in [-0.3, -0.25) is 0 Å². The van der Waals surface area contributed by atoms with Gasteiger partial charge in [0.15, 0.2) is 6.29 Å². The molecule has 0 fully saturated rings. The Balaban J connectivity index is 2.93. The van der Waals surface area contributed by atoms with Crippen LogP contribution in [0.15, 0.2) is 12.3 Å². The quantitative estimate of drug-likeness (QED) is 0.603. The second kappa shape index (κ2) is 2.94. The van der Waals surface area contributed by atoms with Crippen LogP contribution in [0.4, 0.5) is 5.69 Å². The van der Waals surface area contributed by atoms with Crippen LogP contribution < -0.4 is 5.73 Å². The molecule has 0 radical (unpaired) electrons. The van der Waals surface area contributed by atoms with Gasteiger partial charge in [-0.15, -0.1) is 0 Å². The van der Waals surface area contributed by atoms with Crippen molar-refractivity contribution in [2.24, 2.45) is 7.05 Å². The molecule has 11 heavy (non-hydrogen) atoms. The molecule has 1 unspecified atom stereocenters. The largest absolute Gasteiger partial charge is 0.397 e. The number of ether oxygens (including phenoxy) is 1. The molecule has 3 N–H and O–H groups in total. The van der Waals surface area contributed by atoms with E-state index in [2.05, 4.69) is 0 Å². The van der Waals surface area contributed by atoms with Crippen molar-refractivity contribution in [2.75, 3.05) is 12.8 Å². The minimum absolute atomic E-state index is 0.624. The highest BCUT2D eigenvalue weighted by atomic mass is 16.6. The van der Waals surface area contributed by atoms with Gasteiger partial charge in [0.25, 0.3) is 0 Å². The van der Waals surface area contributed by atoms with Gasteiger partial charge in [-0.25, -0.2) is 0 Å². The Morgan fingerprint density at radius 1 is 1.73 bits per heavy atom. The number of nitrogen functional groups attached to an aromatic ring is 1. The van der Waals surface area contributed by atoms with Crippen LogP contribution in [0.2, 0.25) is 0 Å². The third kappa shape index (κ3) is 1.53. The Morgan fingerprint density at radius 2 is 2.36 bits per heavy atom. The average molecular weight is 156 g/mol. The molecule has 0 aliphatic rings. The maximum atomic E-state index is 9.22. The molecule has 0 bridgehead atoms. The summed E-state index contributed by atoms with van der Waals surface area (Å²) in [6.07, 6.45) is 0.828. The van der Waals surface area contributed by atoms with Gasteiger partial charge < -0.3 is 20.1 Å². The van der Waals surface area contributed by atoms with Crippen LogP contribution in [0.1, 0.15) is 12.0 Å². The average Bonchev–Trinajstić information content (AvgIpc) is 2.28. The molecule has 0 amide bonds. The van der Waals surface area contributed by atoms with E-state index in [9.17, 15) is 5.11 Å². The van der Waals surface area contributed by atoms with Gasteiger partial charge >= 0.3 is 0 Å². The lowest BCUT2D eigenvalue weighted by molar-refractivity contribution is -0.0815. The summed E-state index contributed by atoms with van der Waals surface area (Å²) in [7, 11) is 3.24. The molecule has 0 aromatic carbocycles. The molecule has 4 nitrogen and oxygen atoms in total. The van der Waals surface area contributed by atoms with E-state index >= 15 is 0 Å². The van der Waals surface area contributed by atoms with E-state index in [-0.39, 0.29) is 0 Å². The summed E-state index contributed by atoms with van der Waals surface area (Å²) in [5.74, 6) is 0. The number of methoxy groups -OCH3 is 1.